The number of nitrogens with two attached hydrogens (primary N) is 1. The van der Waals surface area contributed by atoms with Crippen molar-refractivity contribution in [2.45, 2.75) is 13.2 Å². The van der Waals surface area contributed by atoms with Gasteiger partial charge in [0.05, 0.1) is 6.54 Å². The number of hydrogen-bond acceptors (Lipinski definition) is 3. The van der Waals surface area contributed by atoms with Crippen molar-refractivity contribution < 1.29 is 9.53 Å². The smallest absolute Gasteiger partial charge is 0.408 e. The van der Waals surface area contributed by atoms with Gasteiger partial charge in [-0.15, -0.1) is 0 Å². The maximum Gasteiger partial charge on any atom is 0.408 e. The van der Waals surface area contributed by atoms with Gasteiger partial charge >= 0.3 is 6.09 Å². The lowest BCUT2D eigenvalue weighted by molar-refractivity contribution is 0.141. The van der Waals surface area contributed by atoms with Crippen molar-refractivity contribution in [3.05, 3.63) is 71.3 Å². The van der Waals surface area contributed by atoms with Crippen LogP contribution in [0.3, 0.4) is 0 Å². The first-order valence-electron chi connectivity index (χ1n) is 7.00. The second-order valence-electron chi connectivity index (χ2n) is 4.62. The van der Waals surface area contributed by atoms with Crippen LogP contribution < -0.4 is 11.1 Å². The van der Waals surface area contributed by atoms with Gasteiger partial charge < -0.3 is 15.8 Å². The van der Waals surface area contributed by atoms with Crippen LogP contribution in [0.5, 0.6) is 0 Å². The summed E-state index contributed by atoms with van der Waals surface area (Å²) in [5.74, 6) is 5.85. The molecular weight excluding hydrogens is 276 g/mol. The second-order valence-corrected chi connectivity index (χ2v) is 4.62. The average Bonchev–Trinajstić information content (AvgIpc) is 2.58. The predicted molar refractivity (Wildman–Crippen MR) is 85.8 cm³/mol. The maximum absolute atomic E-state index is 11.5. The van der Waals surface area contributed by atoms with Crippen LogP contribution in [-0.4, -0.2) is 12.6 Å². The van der Waals surface area contributed by atoms with E-state index in [0.29, 0.717) is 6.54 Å². The van der Waals surface area contributed by atoms with Crippen molar-refractivity contribution in [3.8, 4) is 11.8 Å². The Morgan fingerprint density at radius 3 is 2.64 bits per heavy atom. The van der Waals surface area contributed by atoms with Gasteiger partial charge in [-0.05, 0) is 23.3 Å². The molecule has 0 aliphatic carbocycles. The first-order valence-corrected chi connectivity index (χ1v) is 7.00. The van der Waals surface area contributed by atoms with Gasteiger partial charge in [0, 0.05) is 12.1 Å². The Morgan fingerprint density at radius 2 is 1.86 bits per heavy atom. The van der Waals surface area contributed by atoms with Gasteiger partial charge in [-0.2, -0.15) is 0 Å². The van der Waals surface area contributed by atoms with E-state index in [9.17, 15) is 4.79 Å². The molecule has 1 amide bonds. The molecular formula is C18H18N2O2. The van der Waals surface area contributed by atoms with Crippen LogP contribution in [0.4, 0.5) is 4.79 Å². The molecule has 0 aromatic heterocycles. The summed E-state index contributed by atoms with van der Waals surface area (Å²) < 4.78 is 5.08. The van der Waals surface area contributed by atoms with E-state index in [1.54, 1.807) is 0 Å². The molecule has 2 aromatic carbocycles. The highest BCUT2D eigenvalue weighted by Gasteiger charge is 2.00. The summed E-state index contributed by atoms with van der Waals surface area (Å²) in [7, 11) is 0. The lowest BCUT2D eigenvalue weighted by atomic mass is 10.1. The molecule has 2 rings (SSSR count). The fourth-order valence-electron chi connectivity index (χ4n) is 1.81. The highest BCUT2D eigenvalue weighted by Crippen LogP contribution is 2.02. The Labute approximate surface area is 130 Å². The van der Waals surface area contributed by atoms with Crippen molar-refractivity contribution in [3.63, 3.8) is 0 Å². The van der Waals surface area contributed by atoms with Crippen LogP contribution >= 0.6 is 0 Å². The topological polar surface area (TPSA) is 64.3 Å². The number of ether oxygens (including phenoxy) is 1. The number of rotatable bonds is 4. The largest absolute Gasteiger partial charge is 0.445 e. The highest BCUT2D eigenvalue weighted by atomic mass is 16.5. The Morgan fingerprint density at radius 1 is 1.09 bits per heavy atom. The van der Waals surface area contributed by atoms with Crippen LogP contribution in [0, 0.1) is 11.8 Å². The van der Waals surface area contributed by atoms with E-state index in [0.717, 1.165) is 16.7 Å². The SMILES string of the molecule is NCc1cccc(C#CCNC(=O)OCc2ccccc2)c1. The molecule has 0 saturated heterocycles. The van der Waals surface area contributed by atoms with E-state index >= 15 is 0 Å². The standard InChI is InChI=1S/C18H18N2O2/c19-13-17-9-4-8-15(12-17)10-5-11-20-18(21)22-14-16-6-2-1-3-7-16/h1-4,6-9,12H,11,13-14,19H2,(H,20,21). The molecule has 0 aliphatic heterocycles. The Balaban J connectivity index is 1.74. The molecule has 4 heteroatoms. The van der Waals surface area contributed by atoms with E-state index in [2.05, 4.69) is 17.2 Å². The normalized spacial score (nSPS) is 9.50. The third kappa shape index (κ3) is 5.31. The van der Waals surface area contributed by atoms with Crippen LogP contribution in [0.1, 0.15) is 16.7 Å². The number of benzene rings is 2. The van der Waals surface area contributed by atoms with E-state index < -0.39 is 6.09 Å². The van der Waals surface area contributed by atoms with Gasteiger partial charge in [0.2, 0.25) is 0 Å². The first kappa shape index (κ1) is 15.6. The lowest BCUT2D eigenvalue weighted by Gasteiger charge is -2.04. The van der Waals surface area contributed by atoms with Gasteiger partial charge in [0.25, 0.3) is 0 Å². The molecule has 0 atom stereocenters. The van der Waals surface area contributed by atoms with Crippen molar-refractivity contribution in [2.75, 3.05) is 6.54 Å². The highest BCUT2D eigenvalue weighted by molar-refractivity contribution is 5.67. The molecule has 3 N–H and O–H groups in total. The van der Waals surface area contributed by atoms with Gasteiger partial charge in [0.1, 0.15) is 6.61 Å². The first-order chi connectivity index (χ1) is 10.8. The molecule has 0 unspecified atom stereocenters. The zero-order valence-electron chi connectivity index (χ0n) is 12.2. The number of nitrogens with one attached hydrogen (secondary N) is 1. The summed E-state index contributed by atoms with van der Waals surface area (Å²) >= 11 is 0. The fourth-order valence-corrected chi connectivity index (χ4v) is 1.81. The minimum absolute atomic E-state index is 0.237. The number of carbonyl (C=O) groups is 1. The minimum atomic E-state index is -0.478. The molecule has 4 nitrogen and oxygen atoms in total. The molecule has 0 bridgehead atoms. The summed E-state index contributed by atoms with van der Waals surface area (Å²) in [6, 6.07) is 17.2. The van der Waals surface area contributed by atoms with Gasteiger partial charge in [-0.25, -0.2) is 4.79 Å². The lowest BCUT2D eigenvalue weighted by Crippen LogP contribution is -2.24. The summed E-state index contributed by atoms with van der Waals surface area (Å²) in [5, 5.41) is 2.59. The zero-order chi connectivity index (χ0) is 15.6. The summed E-state index contributed by atoms with van der Waals surface area (Å²) in [6.07, 6.45) is -0.478. The monoisotopic (exact) mass is 294 g/mol. The van der Waals surface area contributed by atoms with Crippen LogP contribution in [-0.2, 0) is 17.9 Å². The third-order valence-electron chi connectivity index (χ3n) is 2.93. The van der Waals surface area contributed by atoms with Crippen LogP contribution in [0.2, 0.25) is 0 Å². The molecule has 112 valence electrons. The number of amides is 1. The third-order valence-corrected chi connectivity index (χ3v) is 2.93. The van der Waals surface area contributed by atoms with E-state index in [4.69, 9.17) is 10.5 Å². The van der Waals surface area contributed by atoms with Crippen molar-refractivity contribution in [1.29, 1.82) is 0 Å². The molecule has 0 spiro atoms. The summed E-state index contributed by atoms with van der Waals surface area (Å²) in [4.78, 5) is 11.5. The molecule has 0 aliphatic rings. The Hall–Kier alpha value is -2.77. The van der Waals surface area contributed by atoms with Gasteiger partial charge in [-0.3, -0.25) is 0 Å². The molecule has 0 radical (unpaired) electrons. The molecule has 0 saturated carbocycles. The maximum atomic E-state index is 11.5. The molecule has 0 heterocycles. The quantitative estimate of drug-likeness (QED) is 0.851. The van der Waals surface area contributed by atoms with E-state index in [1.165, 1.54) is 0 Å². The molecule has 0 fully saturated rings. The minimum Gasteiger partial charge on any atom is -0.445 e. The van der Waals surface area contributed by atoms with Crippen LogP contribution in [0.15, 0.2) is 54.6 Å². The van der Waals surface area contributed by atoms with Crippen molar-refractivity contribution in [1.82, 2.24) is 5.32 Å². The summed E-state index contributed by atoms with van der Waals surface area (Å²) in [5.41, 5.74) is 8.43. The predicted octanol–water partition coefficient (Wildman–Crippen LogP) is 2.42. The zero-order valence-corrected chi connectivity index (χ0v) is 12.2. The Kier molecular flexibility index (Phi) is 6.03. The fraction of sp³-hybridized carbons (Fsp3) is 0.167. The molecule has 2 aromatic rings. The number of hydrogen-bond donors (Lipinski definition) is 2. The Bertz CT molecular complexity index is 672. The van der Waals surface area contributed by atoms with Crippen LogP contribution in [0.25, 0.3) is 0 Å². The van der Waals surface area contributed by atoms with E-state index in [-0.39, 0.29) is 13.2 Å². The number of alkyl carbamates (subject to hydrolysis) is 1. The van der Waals surface area contributed by atoms with Crippen molar-refractivity contribution in [2.24, 2.45) is 5.73 Å². The van der Waals surface area contributed by atoms with Gasteiger partial charge in [-0.1, -0.05) is 54.3 Å². The second kappa shape index (κ2) is 8.50. The number of carbonyl (C=O) groups excluding carboxylic acids is 1. The molecule has 22 heavy (non-hydrogen) atoms. The van der Waals surface area contributed by atoms with E-state index in [1.807, 2.05) is 54.6 Å². The summed E-state index contributed by atoms with van der Waals surface area (Å²) in [6.45, 7) is 0.971. The average molecular weight is 294 g/mol. The van der Waals surface area contributed by atoms with Crippen molar-refractivity contribution >= 4 is 6.09 Å². The van der Waals surface area contributed by atoms with Gasteiger partial charge in [0.15, 0.2) is 0 Å².